The number of esters is 1. The number of hydrogen-bond donors (Lipinski definition) is 0. The molecule has 0 unspecified atom stereocenters. The maximum absolute atomic E-state index is 13.9. The van der Waals surface area contributed by atoms with E-state index in [0.717, 1.165) is 16.9 Å². The van der Waals surface area contributed by atoms with Crippen molar-refractivity contribution in [3.63, 3.8) is 0 Å². The number of aromatic nitrogens is 2. The van der Waals surface area contributed by atoms with Crippen LogP contribution in [0.3, 0.4) is 0 Å². The number of thiophene rings is 1. The molecule has 0 aliphatic heterocycles. The van der Waals surface area contributed by atoms with Crippen molar-refractivity contribution in [2.24, 2.45) is 0 Å². The second-order valence-electron chi connectivity index (χ2n) is 8.18. The number of ether oxygens (including phenoxy) is 1. The van der Waals surface area contributed by atoms with Crippen molar-refractivity contribution >= 4 is 45.5 Å². The Bertz CT molecular complexity index is 1730. The molecule has 0 fully saturated rings. The van der Waals surface area contributed by atoms with Gasteiger partial charge in [0.2, 0.25) is 0 Å². The molecule has 36 heavy (non-hydrogen) atoms. The fraction of sp³-hybridized carbons (Fsp3) is 0.0714. The van der Waals surface area contributed by atoms with Crippen LogP contribution in [0.15, 0.2) is 89.7 Å². The van der Waals surface area contributed by atoms with Crippen LogP contribution in [0.2, 0.25) is 0 Å². The highest BCUT2D eigenvalue weighted by Gasteiger charge is 2.27. The number of carbonyl (C=O) groups is 2. The van der Waals surface area contributed by atoms with Crippen molar-refractivity contribution in [2.75, 3.05) is 0 Å². The van der Waals surface area contributed by atoms with Crippen molar-refractivity contribution in [3.8, 4) is 17.1 Å². The Morgan fingerprint density at radius 2 is 1.39 bits per heavy atom. The van der Waals surface area contributed by atoms with Gasteiger partial charge in [-0.3, -0.25) is 18.7 Å². The number of ketones is 1. The number of Topliss-reactive ketones (excluding diaryl/α,β-unsaturated/α-hetero) is 1. The quantitative estimate of drug-likeness (QED) is 0.157. The predicted molar refractivity (Wildman–Crippen MR) is 144 cm³/mol. The van der Waals surface area contributed by atoms with Crippen LogP contribution >= 0.6 is 23.6 Å². The molecule has 0 saturated heterocycles. The summed E-state index contributed by atoms with van der Waals surface area (Å²) in [5.41, 5.74) is 2.11. The number of hydrogen-bond acceptors (Lipinski definition) is 6. The summed E-state index contributed by atoms with van der Waals surface area (Å²) in [7, 11) is 0. The SMILES string of the molecule is CC(=O)c1sc2c(c1OC(=O)c1ccc(C)cc1)c(=O)n(-c1ccccc1)c(=S)n2-c1ccccc1. The van der Waals surface area contributed by atoms with Crippen molar-refractivity contribution in [2.45, 2.75) is 13.8 Å². The summed E-state index contributed by atoms with van der Waals surface area (Å²) < 4.78 is 9.14. The fourth-order valence-corrected chi connectivity index (χ4v) is 5.50. The van der Waals surface area contributed by atoms with E-state index in [1.807, 2.05) is 43.3 Å². The van der Waals surface area contributed by atoms with Gasteiger partial charge in [-0.2, -0.15) is 0 Å². The van der Waals surface area contributed by atoms with Gasteiger partial charge in [-0.05, 0) is 55.5 Å². The van der Waals surface area contributed by atoms with Crippen molar-refractivity contribution in [1.82, 2.24) is 9.13 Å². The van der Waals surface area contributed by atoms with Gasteiger partial charge in [-0.15, -0.1) is 11.3 Å². The predicted octanol–water partition coefficient (Wildman–Crippen LogP) is 6.30. The second-order valence-corrected chi connectivity index (χ2v) is 9.55. The first-order valence-electron chi connectivity index (χ1n) is 11.1. The molecule has 0 saturated carbocycles. The van der Waals surface area contributed by atoms with E-state index in [-0.39, 0.29) is 26.6 Å². The minimum absolute atomic E-state index is 0.0533. The molecule has 0 bridgehead atoms. The summed E-state index contributed by atoms with van der Waals surface area (Å²) in [6.45, 7) is 3.29. The molecule has 2 aromatic heterocycles. The molecule has 3 aromatic carbocycles. The number of carbonyl (C=O) groups excluding carboxylic acids is 2. The van der Waals surface area contributed by atoms with Crippen molar-refractivity contribution in [3.05, 3.63) is 116 Å². The third-order valence-electron chi connectivity index (χ3n) is 5.68. The Kier molecular flexibility index (Phi) is 6.22. The lowest BCUT2D eigenvalue weighted by atomic mass is 10.1. The summed E-state index contributed by atoms with van der Waals surface area (Å²) >= 11 is 6.89. The molecule has 5 rings (SSSR count). The van der Waals surface area contributed by atoms with E-state index in [1.54, 1.807) is 53.1 Å². The smallest absolute Gasteiger partial charge is 0.343 e. The van der Waals surface area contributed by atoms with E-state index >= 15 is 0 Å². The van der Waals surface area contributed by atoms with Gasteiger partial charge in [0.1, 0.15) is 15.1 Å². The van der Waals surface area contributed by atoms with E-state index in [9.17, 15) is 14.4 Å². The van der Waals surface area contributed by atoms with Gasteiger partial charge in [-0.25, -0.2) is 4.79 Å². The second kappa shape index (κ2) is 9.49. The van der Waals surface area contributed by atoms with Gasteiger partial charge in [0.25, 0.3) is 5.56 Å². The number of fused-ring (bicyclic) bond motifs is 1. The van der Waals surface area contributed by atoms with Crippen molar-refractivity contribution < 1.29 is 14.3 Å². The average Bonchev–Trinajstić information content (AvgIpc) is 3.25. The maximum atomic E-state index is 13.9. The number of rotatable bonds is 5. The zero-order valence-corrected chi connectivity index (χ0v) is 21.1. The first-order chi connectivity index (χ1) is 17.4. The highest BCUT2D eigenvalue weighted by Crippen LogP contribution is 2.38. The highest BCUT2D eigenvalue weighted by molar-refractivity contribution is 7.71. The molecular formula is C28H20N2O4S2. The van der Waals surface area contributed by atoms with E-state index in [4.69, 9.17) is 17.0 Å². The number of aryl methyl sites for hydroxylation is 1. The lowest BCUT2D eigenvalue weighted by molar-refractivity contribution is 0.0736. The van der Waals surface area contributed by atoms with Crippen molar-refractivity contribution in [1.29, 1.82) is 0 Å². The monoisotopic (exact) mass is 512 g/mol. The van der Waals surface area contributed by atoms with E-state index in [0.29, 0.717) is 21.8 Å². The Morgan fingerprint density at radius 1 is 0.833 bits per heavy atom. The van der Waals surface area contributed by atoms with Crippen LogP contribution < -0.4 is 10.3 Å². The molecule has 0 radical (unpaired) electrons. The summed E-state index contributed by atoms with van der Waals surface area (Å²) in [5, 5.41) is 0.118. The normalized spacial score (nSPS) is 10.9. The molecule has 0 atom stereocenters. The van der Waals surface area contributed by atoms with Gasteiger partial charge in [0, 0.05) is 12.6 Å². The molecule has 0 amide bonds. The number of para-hydroxylation sites is 2. The van der Waals surface area contributed by atoms with Gasteiger partial charge in [-0.1, -0.05) is 54.1 Å². The zero-order chi connectivity index (χ0) is 25.4. The van der Waals surface area contributed by atoms with Crippen LogP contribution in [0.25, 0.3) is 21.6 Å². The van der Waals surface area contributed by atoms with Gasteiger partial charge in [0.15, 0.2) is 16.3 Å². The molecular weight excluding hydrogens is 492 g/mol. The van der Waals surface area contributed by atoms with Gasteiger partial charge < -0.3 is 4.74 Å². The minimum Gasteiger partial charge on any atom is -0.420 e. The number of benzene rings is 3. The summed E-state index contributed by atoms with van der Waals surface area (Å²) in [5.74, 6) is -1.03. The molecule has 0 aliphatic carbocycles. The largest absolute Gasteiger partial charge is 0.420 e. The lowest BCUT2D eigenvalue weighted by Crippen LogP contribution is -2.24. The first kappa shape index (κ1) is 23.6. The summed E-state index contributed by atoms with van der Waals surface area (Å²) in [6.07, 6.45) is 0. The van der Waals surface area contributed by atoms with Gasteiger partial charge in [0.05, 0.1) is 11.3 Å². The Balaban J connectivity index is 1.85. The average molecular weight is 513 g/mol. The van der Waals surface area contributed by atoms with Crippen LogP contribution in [0.1, 0.15) is 32.5 Å². The molecule has 178 valence electrons. The Hall–Kier alpha value is -4.14. The lowest BCUT2D eigenvalue weighted by Gasteiger charge is -2.14. The van der Waals surface area contributed by atoms with E-state index in [1.165, 1.54) is 11.5 Å². The molecule has 0 aliphatic rings. The zero-order valence-electron chi connectivity index (χ0n) is 19.4. The first-order valence-corrected chi connectivity index (χ1v) is 12.3. The van der Waals surface area contributed by atoms with Crippen LogP contribution in [0.5, 0.6) is 5.75 Å². The van der Waals surface area contributed by atoms with E-state index in [2.05, 4.69) is 0 Å². The van der Waals surface area contributed by atoms with Crippen LogP contribution in [-0.4, -0.2) is 20.9 Å². The van der Waals surface area contributed by atoms with Crippen LogP contribution in [-0.2, 0) is 0 Å². The Morgan fingerprint density at radius 3 is 1.94 bits per heavy atom. The molecule has 6 nitrogen and oxygen atoms in total. The standard InChI is InChI=1S/C28H20N2O4S2/c1-17-13-15-19(16-14-17)27(33)34-23-22-25(32)29(20-9-5-3-6-10-20)28(35)30(21-11-7-4-8-12-21)26(22)36-24(23)18(2)31/h3-16H,1-2H3. The van der Waals surface area contributed by atoms with Gasteiger partial charge >= 0.3 is 5.97 Å². The number of nitrogens with zero attached hydrogens (tertiary/aromatic N) is 2. The molecule has 5 aromatic rings. The maximum Gasteiger partial charge on any atom is 0.343 e. The highest BCUT2D eigenvalue weighted by atomic mass is 32.1. The summed E-state index contributed by atoms with van der Waals surface area (Å²) in [4.78, 5) is 40.3. The molecule has 2 heterocycles. The molecule has 8 heteroatoms. The summed E-state index contributed by atoms with van der Waals surface area (Å²) in [6, 6.07) is 25.2. The third kappa shape index (κ3) is 4.10. The fourth-order valence-electron chi connectivity index (χ4n) is 3.92. The Labute approximate surface area is 215 Å². The van der Waals surface area contributed by atoms with E-state index < -0.39 is 11.5 Å². The van der Waals surface area contributed by atoms with Crippen LogP contribution in [0, 0.1) is 11.7 Å². The molecule has 0 N–H and O–H groups in total. The third-order valence-corrected chi connectivity index (χ3v) is 7.30. The molecule has 0 spiro atoms. The topological polar surface area (TPSA) is 70.3 Å². The van der Waals surface area contributed by atoms with Crippen LogP contribution in [0.4, 0.5) is 0 Å². The minimum atomic E-state index is -0.656.